The van der Waals surface area contributed by atoms with Gasteiger partial charge >= 0.3 is 230 Å². The monoisotopic (exact) mass is 613 g/mol. The Bertz CT molecular complexity index is 1280. The third-order valence-electron chi connectivity index (χ3n) is 6.46. The summed E-state index contributed by atoms with van der Waals surface area (Å²) in [4.78, 5) is 29.2. The number of aromatic nitrogens is 2. The molecule has 1 atom stereocenters. The standard InChI is InChI=1S/C28H34IN6O2/c1-7-24(36)30-21-15-13-20(14-16-21)29-26-22-17-35(28(2,3)25(22)34(6)32-26)27(37)31-23(18-33(4)5)19-11-9-8-10-12-19/h7-16,23H,1,17-18H2,2-6H3,(H,30,36)(H,31,37)/q-1. The van der Waals surface area contributed by atoms with Crippen molar-refractivity contribution in [2.75, 3.05) is 26.0 Å². The molecule has 4 rings (SSSR count). The van der Waals surface area contributed by atoms with Gasteiger partial charge in [0.25, 0.3) is 0 Å². The Balaban J connectivity index is 1.53. The Morgan fingerprint density at radius 2 is 1.84 bits per heavy atom. The van der Waals surface area contributed by atoms with E-state index in [1.165, 1.54) is 9.65 Å². The predicted octanol–water partition coefficient (Wildman–Crippen LogP) is 0.736. The molecule has 2 heterocycles. The van der Waals surface area contributed by atoms with E-state index in [9.17, 15) is 9.59 Å². The first-order valence-electron chi connectivity index (χ1n) is 12.1. The molecule has 1 aromatic heterocycles. The molecule has 0 radical (unpaired) electrons. The van der Waals surface area contributed by atoms with Crippen molar-refractivity contribution in [1.29, 1.82) is 0 Å². The Morgan fingerprint density at radius 3 is 2.46 bits per heavy atom. The SMILES string of the molecule is C=CC(=O)Nc1ccc([I-]c2nn(C)c3c2CN(C(=O)NC(CN(C)C)c2ccccc2)C3(C)C)cc1. The van der Waals surface area contributed by atoms with Crippen LogP contribution in [0.15, 0.2) is 67.3 Å². The van der Waals surface area contributed by atoms with Crippen molar-refractivity contribution in [3.8, 4) is 0 Å². The fourth-order valence-electron chi connectivity index (χ4n) is 4.73. The summed E-state index contributed by atoms with van der Waals surface area (Å²) in [5.41, 5.74) is 3.54. The maximum absolute atomic E-state index is 13.7. The summed E-state index contributed by atoms with van der Waals surface area (Å²) in [5.74, 6) is -0.231. The van der Waals surface area contributed by atoms with Crippen LogP contribution in [0.2, 0.25) is 0 Å². The van der Waals surface area contributed by atoms with Gasteiger partial charge in [0.1, 0.15) is 0 Å². The van der Waals surface area contributed by atoms with Gasteiger partial charge in [-0.25, -0.2) is 0 Å². The second-order valence-electron chi connectivity index (χ2n) is 9.86. The van der Waals surface area contributed by atoms with Crippen molar-refractivity contribution in [3.63, 3.8) is 0 Å². The minimum atomic E-state index is -0.570. The van der Waals surface area contributed by atoms with Crippen molar-refractivity contribution in [2.45, 2.75) is 32.0 Å². The molecule has 0 spiro atoms. The summed E-state index contributed by atoms with van der Waals surface area (Å²) in [6.45, 7) is 8.89. The maximum atomic E-state index is 13.7. The van der Waals surface area contributed by atoms with Crippen molar-refractivity contribution < 1.29 is 30.8 Å². The molecular weight excluding hydrogens is 579 g/mol. The van der Waals surface area contributed by atoms with Gasteiger partial charge < -0.3 is 0 Å². The summed E-state index contributed by atoms with van der Waals surface area (Å²) >= 11 is -0.570. The van der Waals surface area contributed by atoms with E-state index in [1.807, 2.05) is 73.2 Å². The van der Waals surface area contributed by atoms with Crippen molar-refractivity contribution in [3.05, 3.63) is 91.3 Å². The zero-order chi connectivity index (χ0) is 26.7. The number of nitrogens with zero attached hydrogens (tertiary/aromatic N) is 4. The third-order valence-corrected chi connectivity index (χ3v) is 9.17. The van der Waals surface area contributed by atoms with Crippen molar-refractivity contribution >= 4 is 17.6 Å². The minimum absolute atomic E-state index is 0.0802. The van der Waals surface area contributed by atoms with Crippen LogP contribution in [-0.4, -0.2) is 52.2 Å². The van der Waals surface area contributed by atoms with E-state index in [-0.39, 0.29) is 18.0 Å². The molecule has 2 aromatic carbocycles. The van der Waals surface area contributed by atoms with Crippen LogP contribution in [0.25, 0.3) is 0 Å². The van der Waals surface area contributed by atoms with Crippen LogP contribution in [-0.2, 0) is 23.9 Å². The number of urea groups is 1. The molecule has 1 unspecified atom stereocenters. The molecule has 196 valence electrons. The molecule has 0 saturated carbocycles. The van der Waals surface area contributed by atoms with Crippen LogP contribution in [0.1, 0.15) is 36.7 Å². The van der Waals surface area contributed by atoms with Crippen LogP contribution >= 0.6 is 0 Å². The number of amides is 3. The molecule has 0 aliphatic carbocycles. The Morgan fingerprint density at radius 1 is 1.16 bits per heavy atom. The number of carbonyl (C=O) groups excluding carboxylic acids is 2. The van der Waals surface area contributed by atoms with Gasteiger partial charge in [0.2, 0.25) is 0 Å². The number of rotatable bonds is 8. The summed E-state index contributed by atoms with van der Waals surface area (Å²) in [6.07, 6.45) is 1.25. The topological polar surface area (TPSA) is 82.5 Å². The summed E-state index contributed by atoms with van der Waals surface area (Å²) in [6, 6.07) is 17.8. The molecule has 1 aliphatic rings. The number of hydrogen-bond donors (Lipinski definition) is 2. The molecule has 2 N–H and O–H groups in total. The first-order valence-corrected chi connectivity index (χ1v) is 14.3. The zero-order valence-electron chi connectivity index (χ0n) is 22.0. The van der Waals surface area contributed by atoms with E-state index in [0.717, 1.165) is 26.2 Å². The molecule has 0 fully saturated rings. The van der Waals surface area contributed by atoms with Gasteiger partial charge in [-0.1, -0.05) is 0 Å². The molecule has 1 aliphatic heterocycles. The average Bonchev–Trinajstić information content (AvgIpc) is 3.33. The fourth-order valence-corrected chi connectivity index (χ4v) is 7.22. The number of carbonyl (C=O) groups is 2. The molecule has 8 nitrogen and oxygen atoms in total. The number of nitrogens with one attached hydrogen (secondary N) is 2. The molecule has 3 aromatic rings. The van der Waals surface area contributed by atoms with Gasteiger partial charge in [-0.05, 0) is 0 Å². The number of aryl methyl sites for hydroxylation is 1. The van der Waals surface area contributed by atoms with E-state index in [4.69, 9.17) is 5.10 Å². The summed E-state index contributed by atoms with van der Waals surface area (Å²) in [5, 5.41) is 10.9. The zero-order valence-corrected chi connectivity index (χ0v) is 24.1. The first-order chi connectivity index (χ1) is 17.6. The van der Waals surface area contributed by atoms with E-state index >= 15 is 0 Å². The van der Waals surface area contributed by atoms with E-state index < -0.39 is 26.7 Å². The van der Waals surface area contributed by atoms with Crippen LogP contribution in [0.3, 0.4) is 0 Å². The molecule has 0 saturated heterocycles. The van der Waals surface area contributed by atoms with Gasteiger partial charge in [0.05, 0.1) is 0 Å². The average molecular weight is 614 g/mol. The number of benzene rings is 2. The molecule has 3 amide bonds. The second kappa shape index (κ2) is 11.1. The van der Waals surface area contributed by atoms with Crippen molar-refractivity contribution in [1.82, 2.24) is 24.9 Å². The molecule has 9 heteroatoms. The number of anilines is 1. The summed E-state index contributed by atoms with van der Waals surface area (Å²) < 4.78 is 4.19. The summed E-state index contributed by atoms with van der Waals surface area (Å²) in [7, 11) is 5.99. The first kappa shape index (κ1) is 26.9. The number of likely N-dealkylation sites (N-methyl/N-ethyl adjacent to an activating group) is 1. The predicted molar refractivity (Wildman–Crippen MR) is 141 cm³/mol. The number of hydrogen-bond acceptors (Lipinski definition) is 4. The van der Waals surface area contributed by atoms with Gasteiger partial charge in [-0.2, -0.15) is 0 Å². The number of halogens is 1. The van der Waals surface area contributed by atoms with Gasteiger partial charge in [0.15, 0.2) is 0 Å². The van der Waals surface area contributed by atoms with Gasteiger partial charge in [-0.3, -0.25) is 0 Å². The van der Waals surface area contributed by atoms with Crippen LogP contribution in [0, 0.1) is 7.27 Å². The van der Waals surface area contributed by atoms with Crippen LogP contribution in [0.5, 0.6) is 0 Å². The Kier molecular flexibility index (Phi) is 8.03. The van der Waals surface area contributed by atoms with Gasteiger partial charge in [0, 0.05) is 0 Å². The Hall–Kier alpha value is -3.18. The third kappa shape index (κ3) is 5.88. The molecule has 37 heavy (non-hydrogen) atoms. The van der Waals surface area contributed by atoms with Crippen LogP contribution in [0.4, 0.5) is 10.5 Å². The number of fused-ring (bicyclic) bond motifs is 1. The van der Waals surface area contributed by atoms with E-state index in [1.54, 1.807) is 0 Å². The van der Waals surface area contributed by atoms with Crippen molar-refractivity contribution in [2.24, 2.45) is 7.05 Å². The Labute approximate surface area is 229 Å². The van der Waals surface area contributed by atoms with E-state index in [2.05, 4.69) is 48.1 Å². The molecule has 0 bridgehead atoms. The fraction of sp³-hybridized carbons (Fsp3) is 0.321. The molecular formula is C28H34IN6O2-. The van der Waals surface area contributed by atoms with Crippen LogP contribution < -0.4 is 31.8 Å². The quantitative estimate of drug-likeness (QED) is 0.290. The normalized spacial score (nSPS) is 14.9. The van der Waals surface area contributed by atoms with Gasteiger partial charge in [-0.15, -0.1) is 0 Å². The van der Waals surface area contributed by atoms with E-state index in [0.29, 0.717) is 13.1 Å². The second-order valence-corrected chi connectivity index (χ2v) is 12.7.